The predicted molar refractivity (Wildman–Crippen MR) is 64.8 cm³/mol. The van der Waals surface area contributed by atoms with Crippen LogP contribution in [0.25, 0.3) is 0 Å². The number of nitrogens with one attached hydrogen (secondary N) is 2. The Morgan fingerprint density at radius 2 is 2.00 bits per heavy atom. The fourth-order valence-electron chi connectivity index (χ4n) is 2.27. The van der Waals surface area contributed by atoms with Gasteiger partial charge >= 0.3 is 5.97 Å². The van der Waals surface area contributed by atoms with Gasteiger partial charge in [0, 0.05) is 13.0 Å². The van der Waals surface area contributed by atoms with Crippen molar-refractivity contribution in [2.75, 3.05) is 6.54 Å². The lowest BCUT2D eigenvalue weighted by molar-refractivity contribution is -0.152. The third kappa shape index (κ3) is 3.45. The van der Waals surface area contributed by atoms with Gasteiger partial charge in [0.1, 0.15) is 0 Å². The molecule has 1 rings (SSSR count). The Balaban J connectivity index is 2.60. The summed E-state index contributed by atoms with van der Waals surface area (Å²) in [5, 5.41) is 14.4. The molecular formula is C12H20N2O4. The highest BCUT2D eigenvalue weighted by Gasteiger charge is 2.43. The van der Waals surface area contributed by atoms with Gasteiger partial charge in [0.05, 0.1) is 12.0 Å². The molecule has 2 unspecified atom stereocenters. The normalized spacial score (nSPS) is 27.3. The van der Waals surface area contributed by atoms with E-state index in [0.717, 1.165) is 12.8 Å². The minimum atomic E-state index is -0.913. The lowest BCUT2D eigenvalue weighted by Gasteiger charge is -2.38. The Bertz CT molecular complexity index is 356. The molecule has 0 bridgehead atoms. The lowest BCUT2D eigenvalue weighted by atomic mass is 9.71. The van der Waals surface area contributed by atoms with Crippen molar-refractivity contribution in [2.45, 2.75) is 45.6 Å². The van der Waals surface area contributed by atoms with Gasteiger partial charge in [-0.05, 0) is 19.8 Å². The molecule has 0 aliphatic heterocycles. The number of hydrogen-bond donors (Lipinski definition) is 3. The summed E-state index contributed by atoms with van der Waals surface area (Å²) in [5.41, 5.74) is -0.913. The van der Waals surface area contributed by atoms with Crippen LogP contribution in [-0.4, -0.2) is 35.5 Å². The van der Waals surface area contributed by atoms with E-state index in [4.69, 9.17) is 0 Å². The Labute approximate surface area is 106 Å². The highest BCUT2D eigenvalue weighted by Crippen LogP contribution is 2.36. The molecule has 0 aromatic carbocycles. The standard InChI is InChI=1S/C12H20N2O4/c1-8(15)13-7-10(16)14-9-5-3-4-6-12(9,2)11(17)18/h9H,3-7H2,1-2H3,(H,13,15)(H,14,16)(H,17,18). The number of carboxylic acids is 1. The molecule has 3 N–H and O–H groups in total. The van der Waals surface area contributed by atoms with Crippen LogP contribution in [0.2, 0.25) is 0 Å². The molecular weight excluding hydrogens is 236 g/mol. The fraction of sp³-hybridized carbons (Fsp3) is 0.750. The van der Waals surface area contributed by atoms with Crippen LogP contribution in [-0.2, 0) is 14.4 Å². The molecule has 102 valence electrons. The minimum absolute atomic E-state index is 0.110. The molecule has 0 heterocycles. The van der Waals surface area contributed by atoms with Gasteiger partial charge in [-0.25, -0.2) is 0 Å². The van der Waals surface area contributed by atoms with Gasteiger partial charge in [-0.2, -0.15) is 0 Å². The van der Waals surface area contributed by atoms with Gasteiger partial charge in [-0.15, -0.1) is 0 Å². The van der Waals surface area contributed by atoms with Crippen molar-refractivity contribution in [3.63, 3.8) is 0 Å². The largest absolute Gasteiger partial charge is 0.481 e. The van der Waals surface area contributed by atoms with Crippen LogP contribution >= 0.6 is 0 Å². The Morgan fingerprint density at radius 3 is 2.56 bits per heavy atom. The van der Waals surface area contributed by atoms with Crippen LogP contribution in [0.5, 0.6) is 0 Å². The second kappa shape index (κ2) is 5.84. The highest BCUT2D eigenvalue weighted by molar-refractivity contribution is 5.84. The molecule has 0 aromatic rings. The predicted octanol–water partition coefficient (Wildman–Crippen LogP) is 0.272. The summed E-state index contributed by atoms with van der Waals surface area (Å²) in [5.74, 6) is -1.51. The highest BCUT2D eigenvalue weighted by atomic mass is 16.4. The summed E-state index contributed by atoms with van der Waals surface area (Å²) in [4.78, 5) is 33.6. The zero-order chi connectivity index (χ0) is 13.8. The maximum Gasteiger partial charge on any atom is 0.311 e. The van der Waals surface area contributed by atoms with Gasteiger partial charge in [0.2, 0.25) is 11.8 Å². The maximum atomic E-state index is 11.6. The summed E-state index contributed by atoms with van der Waals surface area (Å²) in [6, 6.07) is -0.370. The maximum absolute atomic E-state index is 11.6. The van der Waals surface area contributed by atoms with E-state index < -0.39 is 11.4 Å². The van der Waals surface area contributed by atoms with Gasteiger partial charge in [-0.3, -0.25) is 14.4 Å². The lowest BCUT2D eigenvalue weighted by Crippen LogP contribution is -2.53. The monoisotopic (exact) mass is 256 g/mol. The number of rotatable bonds is 4. The zero-order valence-corrected chi connectivity index (χ0v) is 10.8. The smallest absolute Gasteiger partial charge is 0.311 e. The second-order valence-electron chi connectivity index (χ2n) is 5.00. The first-order valence-corrected chi connectivity index (χ1v) is 6.13. The van der Waals surface area contributed by atoms with Crippen LogP contribution in [0.4, 0.5) is 0 Å². The first-order valence-electron chi connectivity index (χ1n) is 6.13. The molecule has 6 heteroatoms. The van der Waals surface area contributed by atoms with Crippen LogP contribution in [0.1, 0.15) is 39.5 Å². The number of carbonyl (C=O) groups excluding carboxylic acids is 2. The van der Waals surface area contributed by atoms with Crippen LogP contribution in [0.3, 0.4) is 0 Å². The zero-order valence-electron chi connectivity index (χ0n) is 10.8. The van der Waals surface area contributed by atoms with E-state index in [1.54, 1.807) is 6.92 Å². The van der Waals surface area contributed by atoms with E-state index >= 15 is 0 Å². The minimum Gasteiger partial charge on any atom is -0.481 e. The Morgan fingerprint density at radius 1 is 1.33 bits per heavy atom. The van der Waals surface area contributed by atoms with Crippen molar-refractivity contribution < 1.29 is 19.5 Å². The quantitative estimate of drug-likeness (QED) is 0.673. The molecule has 1 saturated carbocycles. The van der Waals surface area contributed by atoms with Crippen LogP contribution in [0, 0.1) is 5.41 Å². The van der Waals surface area contributed by atoms with Crippen molar-refractivity contribution in [1.82, 2.24) is 10.6 Å². The average molecular weight is 256 g/mol. The number of hydrogen-bond acceptors (Lipinski definition) is 3. The van der Waals surface area contributed by atoms with Gasteiger partial charge in [0.25, 0.3) is 0 Å². The molecule has 1 aliphatic rings. The third-order valence-electron chi connectivity index (χ3n) is 3.53. The van der Waals surface area contributed by atoms with Crippen LogP contribution in [0.15, 0.2) is 0 Å². The first kappa shape index (κ1) is 14.5. The van der Waals surface area contributed by atoms with E-state index in [-0.39, 0.29) is 24.4 Å². The molecule has 0 spiro atoms. The number of amides is 2. The number of aliphatic carboxylic acids is 1. The Kier molecular flexibility index (Phi) is 4.69. The van der Waals surface area contributed by atoms with E-state index in [1.807, 2.05) is 0 Å². The van der Waals surface area contributed by atoms with Crippen molar-refractivity contribution in [1.29, 1.82) is 0 Å². The van der Waals surface area contributed by atoms with Gasteiger partial charge < -0.3 is 15.7 Å². The van der Waals surface area contributed by atoms with Crippen LogP contribution < -0.4 is 10.6 Å². The van der Waals surface area contributed by atoms with E-state index in [0.29, 0.717) is 12.8 Å². The Hall–Kier alpha value is -1.59. The molecule has 0 radical (unpaired) electrons. The number of carboxylic acid groups (broad SMARTS) is 1. The van der Waals surface area contributed by atoms with Crippen molar-refractivity contribution in [3.8, 4) is 0 Å². The third-order valence-corrected chi connectivity index (χ3v) is 3.53. The van der Waals surface area contributed by atoms with Gasteiger partial charge in [0.15, 0.2) is 0 Å². The van der Waals surface area contributed by atoms with Crippen molar-refractivity contribution >= 4 is 17.8 Å². The molecule has 2 atom stereocenters. The summed E-state index contributed by atoms with van der Waals surface area (Å²) in [6.07, 6.45) is 3.00. The van der Waals surface area contributed by atoms with E-state index in [9.17, 15) is 19.5 Å². The molecule has 0 aromatic heterocycles. The topological polar surface area (TPSA) is 95.5 Å². The van der Waals surface area contributed by atoms with Gasteiger partial charge in [-0.1, -0.05) is 12.8 Å². The van der Waals surface area contributed by atoms with E-state index in [2.05, 4.69) is 10.6 Å². The molecule has 1 aliphatic carbocycles. The molecule has 6 nitrogen and oxygen atoms in total. The molecule has 18 heavy (non-hydrogen) atoms. The molecule has 1 fully saturated rings. The fourth-order valence-corrected chi connectivity index (χ4v) is 2.27. The summed E-state index contributed by atoms with van der Waals surface area (Å²) >= 11 is 0. The first-order chi connectivity index (χ1) is 8.36. The summed E-state index contributed by atoms with van der Waals surface area (Å²) in [6.45, 7) is 2.88. The molecule has 2 amide bonds. The summed E-state index contributed by atoms with van der Waals surface area (Å²) in [7, 11) is 0. The van der Waals surface area contributed by atoms with Crippen molar-refractivity contribution in [3.05, 3.63) is 0 Å². The van der Waals surface area contributed by atoms with Crippen molar-refractivity contribution in [2.24, 2.45) is 5.41 Å². The summed E-state index contributed by atoms with van der Waals surface area (Å²) < 4.78 is 0. The SMILES string of the molecule is CC(=O)NCC(=O)NC1CCCCC1(C)C(=O)O. The second-order valence-corrected chi connectivity index (χ2v) is 5.00. The molecule has 0 saturated heterocycles. The van der Waals surface area contributed by atoms with E-state index in [1.165, 1.54) is 6.92 Å². The average Bonchev–Trinajstić information content (AvgIpc) is 2.29. The number of carbonyl (C=O) groups is 3.